The lowest BCUT2D eigenvalue weighted by molar-refractivity contribution is -0.142. The van der Waals surface area contributed by atoms with Crippen molar-refractivity contribution in [3.63, 3.8) is 0 Å². The van der Waals surface area contributed by atoms with E-state index >= 15 is 0 Å². The average Bonchev–Trinajstić information content (AvgIpc) is 2.80. The molecule has 17 heavy (non-hydrogen) atoms. The van der Waals surface area contributed by atoms with Crippen LogP contribution in [0.5, 0.6) is 0 Å². The van der Waals surface area contributed by atoms with Crippen LogP contribution < -0.4 is 0 Å². The predicted octanol–water partition coefficient (Wildman–Crippen LogP) is 3.24. The van der Waals surface area contributed by atoms with E-state index in [1.54, 1.807) is 0 Å². The molecule has 1 heterocycles. The number of hydroxylamine groups is 2. The standard InChI is InChI=1S/C15H15NO/c1-9-13-11-7-3-5-10-6-4-8-12(14(10)11)15(13)17-16(9)2/h3-9,13,15H,1-2H3/t9-,13-,15+/m1/s1. The van der Waals surface area contributed by atoms with Gasteiger partial charge in [0.25, 0.3) is 0 Å². The fourth-order valence-corrected chi connectivity index (χ4v) is 3.41. The van der Waals surface area contributed by atoms with E-state index in [2.05, 4.69) is 43.3 Å². The SMILES string of the molecule is C[C@@H]1[C@@H]2c3cccc4cccc(c34)[C@@H]2ON1C. The van der Waals surface area contributed by atoms with Crippen LogP contribution >= 0.6 is 0 Å². The Morgan fingerprint density at radius 3 is 2.53 bits per heavy atom. The monoisotopic (exact) mass is 225 g/mol. The second kappa shape index (κ2) is 3.09. The summed E-state index contributed by atoms with van der Waals surface area (Å²) < 4.78 is 0. The fraction of sp³-hybridized carbons (Fsp3) is 0.333. The zero-order chi connectivity index (χ0) is 11.6. The van der Waals surface area contributed by atoms with Crippen molar-refractivity contribution < 1.29 is 4.84 Å². The highest BCUT2D eigenvalue weighted by molar-refractivity contribution is 5.92. The number of benzene rings is 2. The highest BCUT2D eigenvalue weighted by Gasteiger charge is 2.46. The van der Waals surface area contributed by atoms with Crippen molar-refractivity contribution in [2.75, 3.05) is 7.05 Å². The van der Waals surface area contributed by atoms with Crippen LogP contribution in [0.2, 0.25) is 0 Å². The summed E-state index contributed by atoms with van der Waals surface area (Å²) in [6.07, 6.45) is 0.219. The smallest absolute Gasteiger partial charge is 0.113 e. The first-order chi connectivity index (χ1) is 8.27. The third-order valence-electron chi connectivity index (χ3n) is 4.33. The Balaban J connectivity index is 2.05. The first-order valence-corrected chi connectivity index (χ1v) is 6.18. The van der Waals surface area contributed by atoms with Crippen LogP contribution in [0.3, 0.4) is 0 Å². The van der Waals surface area contributed by atoms with Gasteiger partial charge in [-0.1, -0.05) is 36.4 Å². The Hall–Kier alpha value is -1.38. The molecule has 2 nitrogen and oxygen atoms in total. The second-order valence-corrected chi connectivity index (χ2v) is 5.13. The Morgan fingerprint density at radius 1 is 1.06 bits per heavy atom. The third-order valence-corrected chi connectivity index (χ3v) is 4.33. The Bertz CT molecular complexity index is 602. The maximum atomic E-state index is 6.00. The average molecular weight is 225 g/mol. The Morgan fingerprint density at radius 2 is 1.76 bits per heavy atom. The number of rotatable bonds is 0. The summed E-state index contributed by atoms with van der Waals surface area (Å²) in [4.78, 5) is 6.00. The quantitative estimate of drug-likeness (QED) is 0.682. The molecule has 0 spiro atoms. The van der Waals surface area contributed by atoms with Gasteiger partial charge in [-0.3, -0.25) is 4.84 Å². The van der Waals surface area contributed by atoms with Crippen molar-refractivity contribution in [1.82, 2.24) is 5.06 Å². The van der Waals surface area contributed by atoms with Gasteiger partial charge in [-0.15, -0.1) is 0 Å². The van der Waals surface area contributed by atoms with Crippen molar-refractivity contribution in [2.24, 2.45) is 0 Å². The van der Waals surface area contributed by atoms with E-state index in [0.29, 0.717) is 12.0 Å². The van der Waals surface area contributed by atoms with Gasteiger partial charge in [0.05, 0.1) is 0 Å². The molecule has 1 aliphatic carbocycles. The van der Waals surface area contributed by atoms with E-state index in [1.807, 2.05) is 12.1 Å². The summed E-state index contributed by atoms with van der Waals surface area (Å²) in [7, 11) is 2.03. The summed E-state index contributed by atoms with van der Waals surface area (Å²) in [6.45, 7) is 2.25. The second-order valence-electron chi connectivity index (χ2n) is 5.13. The third kappa shape index (κ3) is 1.07. The molecule has 2 aromatic carbocycles. The topological polar surface area (TPSA) is 12.5 Å². The van der Waals surface area contributed by atoms with E-state index in [9.17, 15) is 0 Å². The highest BCUT2D eigenvalue weighted by atomic mass is 16.7. The van der Waals surface area contributed by atoms with Crippen LogP contribution in [0.15, 0.2) is 36.4 Å². The van der Waals surface area contributed by atoms with Crippen LogP contribution in [0, 0.1) is 0 Å². The number of hydrogen-bond donors (Lipinski definition) is 0. The maximum absolute atomic E-state index is 6.00. The summed E-state index contributed by atoms with van der Waals surface area (Å²) in [5.74, 6) is 0.487. The van der Waals surface area contributed by atoms with Gasteiger partial charge in [-0.2, -0.15) is 5.06 Å². The van der Waals surface area contributed by atoms with Gasteiger partial charge in [-0.25, -0.2) is 0 Å². The number of fused-ring (bicyclic) bond motifs is 3. The van der Waals surface area contributed by atoms with Gasteiger partial charge in [0.2, 0.25) is 0 Å². The molecule has 0 radical (unpaired) electrons. The molecule has 86 valence electrons. The number of hydrogen-bond acceptors (Lipinski definition) is 2. The Kier molecular flexibility index (Phi) is 1.75. The lowest BCUT2D eigenvalue weighted by Crippen LogP contribution is -2.23. The molecule has 2 heteroatoms. The fourth-order valence-electron chi connectivity index (χ4n) is 3.41. The zero-order valence-electron chi connectivity index (χ0n) is 10.1. The summed E-state index contributed by atoms with van der Waals surface area (Å²) in [5.41, 5.74) is 2.82. The van der Waals surface area contributed by atoms with Crippen molar-refractivity contribution in [3.8, 4) is 0 Å². The Labute approximate surface area is 101 Å². The molecule has 0 bridgehead atoms. The molecule has 1 aliphatic heterocycles. The number of likely N-dealkylation sites (N-methyl/N-ethyl adjacent to an activating group) is 1. The molecule has 1 saturated heterocycles. The first kappa shape index (κ1) is 9.63. The minimum atomic E-state index is 0.219. The van der Waals surface area contributed by atoms with Gasteiger partial charge in [-0.05, 0) is 28.8 Å². The molecule has 0 saturated carbocycles. The lowest BCUT2D eigenvalue weighted by atomic mass is 9.92. The molecule has 0 aromatic heterocycles. The molecule has 0 amide bonds. The van der Waals surface area contributed by atoms with E-state index in [1.165, 1.54) is 21.9 Å². The minimum absolute atomic E-state index is 0.219. The van der Waals surface area contributed by atoms with Gasteiger partial charge in [0, 0.05) is 19.0 Å². The van der Waals surface area contributed by atoms with Gasteiger partial charge in [0.15, 0.2) is 0 Å². The molecule has 2 aromatic rings. The molecule has 0 unspecified atom stereocenters. The number of nitrogens with zero attached hydrogens (tertiary/aromatic N) is 1. The highest BCUT2D eigenvalue weighted by Crippen LogP contribution is 2.53. The maximum Gasteiger partial charge on any atom is 0.113 e. The van der Waals surface area contributed by atoms with Crippen LogP contribution in [0.25, 0.3) is 10.8 Å². The molecule has 4 rings (SSSR count). The van der Waals surface area contributed by atoms with Crippen molar-refractivity contribution in [2.45, 2.75) is 25.0 Å². The van der Waals surface area contributed by atoms with E-state index in [0.717, 1.165) is 0 Å². The molecular formula is C15H15NO. The summed E-state index contributed by atoms with van der Waals surface area (Å²) in [6, 6.07) is 13.6. The van der Waals surface area contributed by atoms with Crippen molar-refractivity contribution in [1.29, 1.82) is 0 Å². The summed E-state index contributed by atoms with van der Waals surface area (Å²) in [5, 5.41) is 4.77. The van der Waals surface area contributed by atoms with Crippen molar-refractivity contribution >= 4 is 10.8 Å². The van der Waals surface area contributed by atoms with Crippen molar-refractivity contribution in [3.05, 3.63) is 47.5 Å². The van der Waals surface area contributed by atoms with Crippen LogP contribution in [0.4, 0.5) is 0 Å². The normalized spacial score (nSPS) is 31.1. The van der Waals surface area contributed by atoms with E-state index in [4.69, 9.17) is 4.84 Å². The van der Waals surface area contributed by atoms with Gasteiger partial charge < -0.3 is 0 Å². The summed E-state index contributed by atoms with van der Waals surface area (Å²) >= 11 is 0. The van der Waals surface area contributed by atoms with Crippen LogP contribution in [-0.4, -0.2) is 18.2 Å². The molecule has 0 N–H and O–H groups in total. The molecule has 3 atom stereocenters. The van der Waals surface area contributed by atoms with E-state index < -0.39 is 0 Å². The lowest BCUT2D eigenvalue weighted by Gasteiger charge is -2.17. The van der Waals surface area contributed by atoms with Gasteiger partial charge in [0.1, 0.15) is 6.10 Å². The molecular weight excluding hydrogens is 210 g/mol. The van der Waals surface area contributed by atoms with E-state index in [-0.39, 0.29) is 6.10 Å². The predicted molar refractivity (Wildman–Crippen MR) is 67.7 cm³/mol. The molecule has 1 fully saturated rings. The first-order valence-electron chi connectivity index (χ1n) is 6.18. The van der Waals surface area contributed by atoms with Gasteiger partial charge >= 0.3 is 0 Å². The zero-order valence-corrected chi connectivity index (χ0v) is 10.1. The molecule has 2 aliphatic rings. The minimum Gasteiger partial charge on any atom is -0.290 e. The van der Waals surface area contributed by atoms with Crippen LogP contribution in [-0.2, 0) is 4.84 Å². The van der Waals surface area contributed by atoms with Crippen LogP contribution in [0.1, 0.15) is 30.1 Å². The largest absolute Gasteiger partial charge is 0.290 e.